The van der Waals surface area contributed by atoms with Gasteiger partial charge in [-0.2, -0.15) is 0 Å². The maximum absolute atomic E-state index is 2.55. The molecule has 1 heteroatoms. The van der Waals surface area contributed by atoms with Gasteiger partial charge in [-0.25, -0.2) is 0 Å². The lowest BCUT2D eigenvalue weighted by Crippen LogP contribution is -2.50. The van der Waals surface area contributed by atoms with E-state index in [1.165, 1.54) is 19.5 Å². The number of likely N-dealkylation sites (tertiary alicyclic amines) is 1. The lowest BCUT2D eigenvalue weighted by atomic mass is 9.89. The summed E-state index contributed by atoms with van der Waals surface area (Å²) in [5.74, 6) is 1.88. The van der Waals surface area contributed by atoms with Crippen molar-refractivity contribution < 1.29 is 0 Å². The third-order valence-electron chi connectivity index (χ3n) is 2.52. The average Bonchev–Trinajstić information content (AvgIpc) is 1.75. The van der Waals surface area contributed by atoms with Crippen molar-refractivity contribution in [1.82, 2.24) is 4.90 Å². The molecule has 0 spiro atoms. The van der Waals surface area contributed by atoms with E-state index in [2.05, 4.69) is 32.6 Å². The fraction of sp³-hybridized carbons (Fsp3) is 1.00. The van der Waals surface area contributed by atoms with Gasteiger partial charge in [-0.1, -0.05) is 13.8 Å². The van der Waals surface area contributed by atoms with Crippen LogP contribution in [0.1, 0.15) is 34.1 Å². The highest BCUT2D eigenvalue weighted by Crippen LogP contribution is 2.24. The Morgan fingerprint density at radius 3 is 2.09 bits per heavy atom. The Hall–Kier alpha value is -0.0400. The van der Waals surface area contributed by atoms with Crippen molar-refractivity contribution >= 4 is 0 Å². The molecule has 0 radical (unpaired) electrons. The van der Waals surface area contributed by atoms with Crippen LogP contribution in [-0.4, -0.2) is 24.0 Å². The molecule has 0 aliphatic carbocycles. The predicted molar refractivity (Wildman–Crippen MR) is 49.7 cm³/mol. The molecule has 0 atom stereocenters. The zero-order valence-corrected chi connectivity index (χ0v) is 8.30. The minimum atomic E-state index is 0.762. The summed E-state index contributed by atoms with van der Waals surface area (Å²) in [6.07, 6.45) is 1.42. The molecule has 11 heavy (non-hydrogen) atoms. The minimum absolute atomic E-state index is 0.762. The molecule has 1 rings (SSSR count). The summed E-state index contributed by atoms with van der Waals surface area (Å²) < 4.78 is 0. The van der Waals surface area contributed by atoms with Crippen molar-refractivity contribution in [2.24, 2.45) is 11.8 Å². The standard InChI is InChI=1S/C10H21N/c1-8(2)5-10-6-11(7-10)9(3)4/h8-10H,5-7H2,1-4H3. The Morgan fingerprint density at radius 2 is 1.73 bits per heavy atom. The smallest absolute Gasteiger partial charge is 0.00388 e. The van der Waals surface area contributed by atoms with Crippen LogP contribution in [-0.2, 0) is 0 Å². The van der Waals surface area contributed by atoms with Gasteiger partial charge in [0.1, 0.15) is 0 Å². The van der Waals surface area contributed by atoms with Crippen molar-refractivity contribution in [1.29, 1.82) is 0 Å². The van der Waals surface area contributed by atoms with E-state index in [-0.39, 0.29) is 0 Å². The van der Waals surface area contributed by atoms with Crippen LogP contribution < -0.4 is 0 Å². The summed E-state index contributed by atoms with van der Waals surface area (Å²) in [7, 11) is 0. The van der Waals surface area contributed by atoms with Crippen LogP contribution >= 0.6 is 0 Å². The quantitative estimate of drug-likeness (QED) is 0.605. The largest absolute Gasteiger partial charge is 0.300 e. The van der Waals surface area contributed by atoms with Crippen LogP contribution in [0.5, 0.6) is 0 Å². The average molecular weight is 155 g/mol. The molecule has 1 heterocycles. The summed E-state index contributed by atoms with van der Waals surface area (Å²) in [6, 6.07) is 0.762. The van der Waals surface area contributed by atoms with Gasteiger partial charge in [0.05, 0.1) is 0 Å². The monoisotopic (exact) mass is 155 g/mol. The Balaban J connectivity index is 2.09. The fourth-order valence-corrected chi connectivity index (χ4v) is 1.85. The Kier molecular flexibility index (Phi) is 2.94. The van der Waals surface area contributed by atoms with Crippen molar-refractivity contribution in [2.45, 2.75) is 40.2 Å². The normalized spacial score (nSPS) is 21.3. The van der Waals surface area contributed by atoms with Gasteiger partial charge in [-0.15, -0.1) is 0 Å². The lowest BCUT2D eigenvalue weighted by molar-refractivity contribution is 0.0554. The highest BCUT2D eigenvalue weighted by Gasteiger charge is 2.28. The van der Waals surface area contributed by atoms with E-state index in [1.807, 2.05) is 0 Å². The maximum Gasteiger partial charge on any atom is 0.00388 e. The zero-order valence-electron chi connectivity index (χ0n) is 8.30. The maximum atomic E-state index is 2.55. The van der Waals surface area contributed by atoms with Crippen LogP contribution in [0.2, 0.25) is 0 Å². The van der Waals surface area contributed by atoms with Crippen LogP contribution in [0.4, 0.5) is 0 Å². The summed E-state index contributed by atoms with van der Waals surface area (Å²) in [5, 5.41) is 0. The molecule has 1 nitrogen and oxygen atoms in total. The molecule has 0 aromatic heterocycles. The molecule has 0 aromatic rings. The molecule has 66 valence electrons. The van der Waals surface area contributed by atoms with Gasteiger partial charge in [-0.05, 0) is 32.1 Å². The van der Waals surface area contributed by atoms with Crippen molar-refractivity contribution in [2.75, 3.05) is 13.1 Å². The molecule has 0 bridgehead atoms. The van der Waals surface area contributed by atoms with Crippen LogP contribution in [0.3, 0.4) is 0 Å². The molecule has 1 aliphatic rings. The van der Waals surface area contributed by atoms with Crippen LogP contribution in [0.15, 0.2) is 0 Å². The van der Waals surface area contributed by atoms with E-state index in [1.54, 1.807) is 0 Å². The van der Waals surface area contributed by atoms with Gasteiger partial charge in [0, 0.05) is 19.1 Å². The Bertz CT molecular complexity index is 112. The molecule has 1 fully saturated rings. The molecule has 0 aromatic carbocycles. The van der Waals surface area contributed by atoms with E-state index in [4.69, 9.17) is 0 Å². The second kappa shape index (κ2) is 3.57. The van der Waals surface area contributed by atoms with E-state index in [0.29, 0.717) is 0 Å². The number of nitrogens with zero attached hydrogens (tertiary/aromatic N) is 1. The third-order valence-corrected chi connectivity index (χ3v) is 2.52. The molecular weight excluding hydrogens is 134 g/mol. The van der Waals surface area contributed by atoms with Crippen LogP contribution in [0.25, 0.3) is 0 Å². The van der Waals surface area contributed by atoms with E-state index in [9.17, 15) is 0 Å². The van der Waals surface area contributed by atoms with Crippen LogP contribution in [0, 0.1) is 11.8 Å². The number of hydrogen-bond donors (Lipinski definition) is 0. The second-order valence-corrected chi connectivity index (χ2v) is 4.54. The van der Waals surface area contributed by atoms with Gasteiger partial charge in [-0.3, -0.25) is 0 Å². The summed E-state index contributed by atoms with van der Waals surface area (Å²) in [4.78, 5) is 2.55. The summed E-state index contributed by atoms with van der Waals surface area (Å²) >= 11 is 0. The lowest BCUT2D eigenvalue weighted by Gasteiger charge is -2.42. The first-order valence-electron chi connectivity index (χ1n) is 4.83. The highest BCUT2D eigenvalue weighted by atomic mass is 15.2. The first kappa shape index (κ1) is 9.05. The van der Waals surface area contributed by atoms with Crippen molar-refractivity contribution in [3.8, 4) is 0 Å². The van der Waals surface area contributed by atoms with E-state index < -0.39 is 0 Å². The Labute approximate surface area is 70.8 Å². The van der Waals surface area contributed by atoms with Gasteiger partial charge in [0.2, 0.25) is 0 Å². The van der Waals surface area contributed by atoms with Gasteiger partial charge in [0.15, 0.2) is 0 Å². The number of hydrogen-bond acceptors (Lipinski definition) is 1. The minimum Gasteiger partial charge on any atom is -0.300 e. The molecule has 0 amide bonds. The van der Waals surface area contributed by atoms with E-state index in [0.717, 1.165) is 17.9 Å². The predicted octanol–water partition coefficient (Wildman–Crippen LogP) is 2.37. The SMILES string of the molecule is CC(C)CC1CN(C(C)C)C1. The fourth-order valence-electron chi connectivity index (χ4n) is 1.85. The van der Waals surface area contributed by atoms with Gasteiger partial charge < -0.3 is 4.90 Å². The molecule has 0 N–H and O–H groups in total. The molecule has 1 aliphatic heterocycles. The third kappa shape index (κ3) is 2.48. The van der Waals surface area contributed by atoms with Crippen molar-refractivity contribution in [3.63, 3.8) is 0 Å². The van der Waals surface area contributed by atoms with Crippen molar-refractivity contribution in [3.05, 3.63) is 0 Å². The first-order chi connectivity index (χ1) is 5.09. The van der Waals surface area contributed by atoms with Gasteiger partial charge in [0.25, 0.3) is 0 Å². The second-order valence-electron chi connectivity index (χ2n) is 4.54. The molecule has 0 unspecified atom stereocenters. The zero-order chi connectivity index (χ0) is 8.43. The summed E-state index contributed by atoms with van der Waals surface area (Å²) in [6.45, 7) is 11.9. The highest BCUT2D eigenvalue weighted by molar-refractivity contribution is 4.82. The molecule has 1 saturated heterocycles. The molecule has 0 saturated carbocycles. The topological polar surface area (TPSA) is 3.24 Å². The Morgan fingerprint density at radius 1 is 1.18 bits per heavy atom. The van der Waals surface area contributed by atoms with E-state index >= 15 is 0 Å². The summed E-state index contributed by atoms with van der Waals surface area (Å²) in [5.41, 5.74) is 0. The first-order valence-corrected chi connectivity index (χ1v) is 4.83. The van der Waals surface area contributed by atoms with Gasteiger partial charge >= 0.3 is 0 Å². The molecular formula is C10H21N. The number of rotatable bonds is 3.